The summed E-state index contributed by atoms with van der Waals surface area (Å²) < 4.78 is 0. The number of carboxylic acid groups (broad SMARTS) is 1. The third-order valence-corrected chi connectivity index (χ3v) is 5.37. The Kier molecular flexibility index (Phi) is 8.79. The fourth-order valence-electron chi connectivity index (χ4n) is 3.94. The van der Waals surface area contributed by atoms with E-state index < -0.39 is 5.97 Å². The summed E-state index contributed by atoms with van der Waals surface area (Å²) in [5.74, 6) is -0.503. The number of carbonyl (C=O) groups is 2. The van der Waals surface area contributed by atoms with Crippen molar-refractivity contribution in [2.75, 3.05) is 11.4 Å². The van der Waals surface area contributed by atoms with Crippen molar-refractivity contribution in [3.05, 3.63) is 29.8 Å². The van der Waals surface area contributed by atoms with Gasteiger partial charge in [0.15, 0.2) is 0 Å². The maximum Gasteiger partial charge on any atom is 0.303 e. The van der Waals surface area contributed by atoms with Crippen molar-refractivity contribution in [2.45, 2.75) is 83.7 Å². The Hall–Kier alpha value is -1.88. The smallest absolute Gasteiger partial charge is 0.303 e. The summed E-state index contributed by atoms with van der Waals surface area (Å²) in [5.41, 5.74) is 2.28. The molecule has 0 spiro atoms. The molecule has 1 aliphatic heterocycles. The second kappa shape index (κ2) is 11.1. The Balaban J connectivity index is 1.77. The van der Waals surface area contributed by atoms with Crippen LogP contribution in [0.1, 0.15) is 83.2 Å². The van der Waals surface area contributed by atoms with Gasteiger partial charge in [0.05, 0.1) is 0 Å². The van der Waals surface area contributed by atoms with Crippen molar-refractivity contribution >= 4 is 17.6 Å². The molecular weight excluding hydrogens is 340 g/mol. The van der Waals surface area contributed by atoms with E-state index >= 15 is 0 Å². The molecule has 150 valence electrons. The Morgan fingerprint density at radius 3 is 2.48 bits per heavy atom. The number of carbonyl (C=O) groups excluding carboxylic acids is 1. The Morgan fingerprint density at radius 2 is 1.78 bits per heavy atom. The number of anilines is 1. The van der Waals surface area contributed by atoms with Crippen molar-refractivity contribution in [2.24, 2.45) is 0 Å². The number of fused-ring (bicyclic) bond motifs is 1. The zero-order chi connectivity index (χ0) is 19.6. The van der Waals surface area contributed by atoms with Crippen molar-refractivity contribution < 1.29 is 14.7 Å². The highest BCUT2D eigenvalue weighted by molar-refractivity contribution is 5.95. The number of unbranched alkanes of at least 4 members (excludes halogenated alkanes) is 5. The van der Waals surface area contributed by atoms with Crippen LogP contribution in [0.3, 0.4) is 0 Å². The summed E-state index contributed by atoms with van der Waals surface area (Å²) in [7, 11) is 0. The zero-order valence-electron chi connectivity index (χ0n) is 16.7. The third-order valence-electron chi connectivity index (χ3n) is 5.37. The van der Waals surface area contributed by atoms with Gasteiger partial charge in [-0.1, -0.05) is 50.8 Å². The maximum atomic E-state index is 12.4. The third kappa shape index (κ3) is 6.35. The highest BCUT2D eigenvalue weighted by Gasteiger charge is 2.32. The maximum absolute atomic E-state index is 12.4. The summed E-state index contributed by atoms with van der Waals surface area (Å²) in [6, 6.07) is 8.76. The van der Waals surface area contributed by atoms with Crippen LogP contribution in [0, 0.1) is 0 Å². The number of benzene rings is 1. The van der Waals surface area contributed by atoms with Gasteiger partial charge in [0, 0.05) is 30.6 Å². The lowest BCUT2D eigenvalue weighted by Gasteiger charge is -2.39. The van der Waals surface area contributed by atoms with Gasteiger partial charge in [-0.3, -0.25) is 9.59 Å². The fraction of sp³-hybridized carbons (Fsp3) is 0.636. The van der Waals surface area contributed by atoms with E-state index in [0.29, 0.717) is 18.9 Å². The standard InChI is InChI=1S/C22H34N2O3/c1-3-21(25)24-17(2)16-19(18-12-9-10-13-20(18)24)23-15-11-7-5-4-6-8-14-22(26)27/h9-10,12-13,17,19,23H,3-8,11,14-16H2,1-2H3,(H,26,27). The minimum atomic E-state index is -0.694. The predicted octanol–water partition coefficient (Wildman–Crippen LogP) is 4.67. The first-order valence-electron chi connectivity index (χ1n) is 10.4. The van der Waals surface area contributed by atoms with Gasteiger partial charge in [-0.05, 0) is 44.4 Å². The largest absolute Gasteiger partial charge is 0.481 e. The van der Waals surface area contributed by atoms with E-state index in [1.54, 1.807) is 0 Å². The van der Waals surface area contributed by atoms with Crippen molar-refractivity contribution in [3.8, 4) is 0 Å². The number of rotatable bonds is 11. The van der Waals surface area contributed by atoms with Gasteiger partial charge in [0.25, 0.3) is 0 Å². The van der Waals surface area contributed by atoms with Crippen LogP contribution in [0.15, 0.2) is 24.3 Å². The van der Waals surface area contributed by atoms with E-state index in [1.165, 1.54) is 12.0 Å². The molecule has 0 fully saturated rings. The van der Waals surface area contributed by atoms with Gasteiger partial charge >= 0.3 is 5.97 Å². The molecule has 0 saturated carbocycles. The molecule has 0 aliphatic carbocycles. The summed E-state index contributed by atoms with van der Waals surface area (Å²) in [6.45, 7) is 5.03. The van der Waals surface area contributed by atoms with Crippen molar-refractivity contribution in [1.82, 2.24) is 5.32 Å². The monoisotopic (exact) mass is 374 g/mol. The Bertz CT molecular complexity index is 617. The minimum absolute atomic E-state index is 0.191. The van der Waals surface area contributed by atoms with Gasteiger partial charge in [-0.25, -0.2) is 0 Å². The topological polar surface area (TPSA) is 69.6 Å². The van der Waals surface area contributed by atoms with Crippen LogP contribution in [0.4, 0.5) is 5.69 Å². The molecule has 27 heavy (non-hydrogen) atoms. The number of amides is 1. The molecule has 2 unspecified atom stereocenters. The highest BCUT2D eigenvalue weighted by atomic mass is 16.4. The van der Waals surface area contributed by atoms with Crippen molar-refractivity contribution in [3.63, 3.8) is 0 Å². The van der Waals surface area contributed by atoms with Crippen LogP contribution < -0.4 is 10.2 Å². The molecule has 2 atom stereocenters. The van der Waals surface area contributed by atoms with E-state index in [2.05, 4.69) is 30.4 Å². The number of hydrogen-bond acceptors (Lipinski definition) is 3. The molecule has 1 heterocycles. The lowest BCUT2D eigenvalue weighted by Crippen LogP contribution is -2.45. The number of nitrogens with one attached hydrogen (secondary N) is 1. The molecule has 0 radical (unpaired) electrons. The van der Waals surface area contributed by atoms with Crippen LogP contribution >= 0.6 is 0 Å². The Labute approximate surface area is 163 Å². The first-order chi connectivity index (χ1) is 13.0. The highest BCUT2D eigenvalue weighted by Crippen LogP contribution is 2.37. The van der Waals surface area contributed by atoms with Crippen molar-refractivity contribution in [1.29, 1.82) is 0 Å². The molecule has 2 N–H and O–H groups in total. The average Bonchev–Trinajstić information content (AvgIpc) is 2.65. The minimum Gasteiger partial charge on any atom is -0.481 e. The van der Waals surface area contributed by atoms with Gasteiger partial charge in [-0.2, -0.15) is 0 Å². The first kappa shape index (κ1) is 21.4. The van der Waals surface area contributed by atoms with E-state index in [0.717, 1.165) is 50.8 Å². The van der Waals surface area contributed by atoms with Crippen LogP contribution in [0.2, 0.25) is 0 Å². The second-order valence-corrected chi connectivity index (χ2v) is 7.53. The summed E-state index contributed by atoms with van der Waals surface area (Å²) in [6.07, 6.45) is 8.14. The molecular formula is C22H34N2O3. The van der Waals surface area contributed by atoms with Gasteiger partial charge in [-0.15, -0.1) is 0 Å². The molecule has 1 aromatic rings. The van der Waals surface area contributed by atoms with Gasteiger partial charge in [0.1, 0.15) is 0 Å². The van der Waals surface area contributed by atoms with E-state index in [9.17, 15) is 9.59 Å². The van der Waals surface area contributed by atoms with Crippen LogP contribution in [0.5, 0.6) is 0 Å². The number of para-hydroxylation sites is 1. The number of hydrogen-bond donors (Lipinski definition) is 2. The number of aliphatic carboxylic acids is 1. The average molecular weight is 375 g/mol. The molecule has 1 aliphatic rings. The summed E-state index contributed by atoms with van der Waals surface area (Å²) in [5, 5.41) is 12.3. The van der Waals surface area contributed by atoms with E-state index in [-0.39, 0.29) is 11.9 Å². The van der Waals surface area contributed by atoms with E-state index in [1.807, 2.05) is 17.9 Å². The SMILES string of the molecule is CCC(=O)N1c2ccccc2C(NCCCCCCCCC(=O)O)CC1C. The molecule has 1 amide bonds. The molecule has 0 aromatic heterocycles. The summed E-state index contributed by atoms with van der Waals surface area (Å²) >= 11 is 0. The molecule has 5 nitrogen and oxygen atoms in total. The van der Waals surface area contributed by atoms with Crippen LogP contribution in [-0.2, 0) is 9.59 Å². The van der Waals surface area contributed by atoms with Crippen LogP contribution in [0.25, 0.3) is 0 Å². The molecule has 0 saturated heterocycles. The first-order valence-corrected chi connectivity index (χ1v) is 10.4. The van der Waals surface area contributed by atoms with Crippen LogP contribution in [-0.4, -0.2) is 29.6 Å². The summed E-state index contributed by atoms with van der Waals surface area (Å²) in [4.78, 5) is 24.8. The molecule has 5 heteroatoms. The molecule has 0 bridgehead atoms. The quantitative estimate of drug-likeness (QED) is 0.552. The normalized spacial score (nSPS) is 19.0. The zero-order valence-corrected chi connectivity index (χ0v) is 16.7. The number of carboxylic acids is 1. The molecule has 2 rings (SSSR count). The second-order valence-electron chi connectivity index (χ2n) is 7.53. The molecule has 1 aromatic carbocycles. The fourth-order valence-corrected chi connectivity index (χ4v) is 3.94. The predicted molar refractivity (Wildman–Crippen MR) is 109 cm³/mol. The van der Waals surface area contributed by atoms with Gasteiger partial charge < -0.3 is 15.3 Å². The van der Waals surface area contributed by atoms with E-state index in [4.69, 9.17) is 5.11 Å². The lowest BCUT2D eigenvalue weighted by molar-refractivity contribution is -0.137. The number of nitrogens with zero attached hydrogens (tertiary/aromatic N) is 1. The van der Waals surface area contributed by atoms with Gasteiger partial charge in [0.2, 0.25) is 5.91 Å². The Morgan fingerprint density at radius 1 is 1.11 bits per heavy atom. The lowest BCUT2D eigenvalue weighted by atomic mass is 9.91.